The van der Waals surface area contributed by atoms with E-state index in [2.05, 4.69) is 6.92 Å². The Morgan fingerprint density at radius 1 is 1.57 bits per heavy atom. The van der Waals surface area contributed by atoms with Crippen molar-refractivity contribution in [2.45, 2.75) is 51.2 Å². The van der Waals surface area contributed by atoms with Crippen LogP contribution in [0, 0.1) is 0 Å². The lowest BCUT2D eigenvalue weighted by molar-refractivity contribution is -0.140. The smallest absolute Gasteiger partial charge is 0.309 e. The first-order valence-electron chi connectivity index (χ1n) is 5.28. The first-order chi connectivity index (χ1) is 6.74. The van der Waals surface area contributed by atoms with Gasteiger partial charge in [-0.05, 0) is 18.9 Å². The summed E-state index contributed by atoms with van der Waals surface area (Å²) in [7, 11) is 0. The van der Waals surface area contributed by atoms with Crippen LogP contribution in [0.2, 0.25) is 0 Å². The van der Waals surface area contributed by atoms with E-state index in [1.54, 1.807) is 6.08 Å². The highest BCUT2D eigenvalue weighted by Crippen LogP contribution is 2.16. The summed E-state index contributed by atoms with van der Waals surface area (Å²) in [5.74, 6) is -0.305. The van der Waals surface area contributed by atoms with Crippen molar-refractivity contribution in [2.75, 3.05) is 0 Å². The quantitative estimate of drug-likeness (QED) is 0.416. The van der Waals surface area contributed by atoms with Gasteiger partial charge in [0.25, 0.3) is 0 Å². The Hall–Kier alpha value is -0.830. The molecule has 0 saturated carbocycles. The number of hydrogen-bond acceptors (Lipinski definition) is 3. The molecule has 14 heavy (non-hydrogen) atoms. The van der Waals surface area contributed by atoms with Gasteiger partial charge in [0.15, 0.2) is 0 Å². The number of unbranched alkanes of at least 4 members (excludes halogenated alkanes) is 3. The summed E-state index contributed by atoms with van der Waals surface area (Å²) >= 11 is 0. The summed E-state index contributed by atoms with van der Waals surface area (Å²) in [6.45, 7) is 2.16. The van der Waals surface area contributed by atoms with E-state index in [1.807, 2.05) is 6.08 Å². The van der Waals surface area contributed by atoms with Crippen LogP contribution in [0.3, 0.4) is 0 Å². The molecule has 0 radical (unpaired) electrons. The largest absolute Gasteiger partial charge is 0.455 e. The van der Waals surface area contributed by atoms with Crippen LogP contribution in [0.5, 0.6) is 0 Å². The van der Waals surface area contributed by atoms with Crippen molar-refractivity contribution < 1.29 is 14.6 Å². The minimum absolute atomic E-state index is 0.129. The lowest BCUT2D eigenvalue weighted by Crippen LogP contribution is -2.17. The second-order valence-electron chi connectivity index (χ2n) is 3.65. The molecule has 1 fully saturated rings. The minimum Gasteiger partial charge on any atom is -0.455 e. The Bertz CT molecular complexity index is 211. The standard InChI is InChI=1S/C11H18O3/c1-2-3-4-5-6-7-10-9(12)8-11(13)14-10/h6-7,9-10,12H,2-5,8H2,1H3/b7-6+/t9-,10+/m1/s1. The van der Waals surface area contributed by atoms with Gasteiger partial charge in [-0.25, -0.2) is 0 Å². The van der Waals surface area contributed by atoms with Crippen LogP contribution in [0.25, 0.3) is 0 Å². The van der Waals surface area contributed by atoms with Gasteiger partial charge in [-0.3, -0.25) is 4.79 Å². The predicted octanol–water partition coefficient (Wildman–Crippen LogP) is 1.80. The molecule has 1 aliphatic heterocycles. The summed E-state index contributed by atoms with van der Waals surface area (Å²) < 4.78 is 4.90. The molecule has 1 aliphatic rings. The topological polar surface area (TPSA) is 46.5 Å². The third-order valence-corrected chi connectivity index (χ3v) is 2.32. The fourth-order valence-corrected chi connectivity index (χ4v) is 1.48. The third kappa shape index (κ3) is 3.50. The first kappa shape index (κ1) is 11.2. The molecule has 0 amide bonds. The summed E-state index contributed by atoms with van der Waals surface area (Å²) in [5.41, 5.74) is 0. The molecule has 1 heterocycles. The fraction of sp³-hybridized carbons (Fsp3) is 0.727. The molecule has 0 aromatic rings. The molecule has 0 spiro atoms. The lowest BCUT2D eigenvalue weighted by atomic mass is 10.1. The van der Waals surface area contributed by atoms with Gasteiger partial charge >= 0.3 is 5.97 Å². The number of aliphatic hydroxyl groups is 1. The fourth-order valence-electron chi connectivity index (χ4n) is 1.48. The molecule has 0 aromatic heterocycles. The van der Waals surface area contributed by atoms with Crippen molar-refractivity contribution in [3.05, 3.63) is 12.2 Å². The molecule has 0 aliphatic carbocycles. The zero-order valence-electron chi connectivity index (χ0n) is 8.61. The predicted molar refractivity (Wildman–Crippen MR) is 53.8 cm³/mol. The van der Waals surface area contributed by atoms with Crippen LogP contribution >= 0.6 is 0 Å². The molecule has 0 aromatic carbocycles. The zero-order chi connectivity index (χ0) is 10.4. The van der Waals surface area contributed by atoms with E-state index in [0.717, 1.165) is 12.8 Å². The molecule has 3 nitrogen and oxygen atoms in total. The number of ether oxygens (including phenoxy) is 1. The van der Waals surface area contributed by atoms with Crippen molar-refractivity contribution >= 4 is 5.97 Å². The van der Waals surface area contributed by atoms with Crippen LogP contribution in [0.4, 0.5) is 0 Å². The van der Waals surface area contributed by atoms with Crippen LogP contribution in [-0.4, -0.2) is 23.3 Å². The highest BCUT2D eigenvalue weighted by Gasteiger charge is 2.30. The number of carbonyl (C=O) groups excluding carboxylic acids is 1. The van der Waals surface area contributed by atoms with E-state index in [-0.39, 0.29) is 12.4 Å². The van der Waals surface area contributed by atoms with Gasteiger partial charge in [0.05, 0.1) is 6.42 Å². The molecule has 3 heteroatoms. The highest BCUT2D eigenvalue weighted by molar-refractivity contribution is 5.72. The normalized spacial score (nSPS) is 27.1. The van der Waals surface area contributed by atoms with Gasteiger partial charge in [-0.1, -0.05) is 25.8 Å². The molecular weight excluding hydrogens is 180 g/mol. The summed E-state index contributed by atoms with van der Waals surface area (Å²) in [6, 6.07) is 0. The summed E-state index contributed by atoms with van der Waals surface area (Å²) in [4.78, 5) is 10.8. The maximum atomic E-state index is 10.8. The average molecular weight is 198 g/mol. The number of hydrogen-bond donors (Lipinski definition) is 1. The maximum absolute atomic E-state index is 10.8. The number of allylic oxidation sites excluding steroid dienone is 1. The van der Waals surface area contributed by atoms with Crippen molar-refractivity contribution in [1.29, 1.82) is 0 Å². The molecular formula is C11H18O3. The second kappa shape index (κ2) is 5.81. The molecule has 1 rings (SSSR count). The van der Waals surface area contributed by atoms with Crippen LogP contribution in [0.15, 0.2) is 12.2 Å². The van der Waals surface area contributed by atoms with Crippen molar-refractivity contribution in [1.82, 2.24) is 0 Å². The van der Waals surface area contributed by atoms with E-state index < -0.39 is 12.2 Å². The van der Waals surface area contributed by atoms with Gasteiger partial charge in [0.1, 0.15) is 12.2 Å². The summed E-state index contributed by atoms with van der Waals surface area (Å²) in [6.07, 6.45) is 7.43. The van der Waals surface area contributed by atoms with Gasteiger partial charge in [0.2, 0.25) is 0 Å². The number of esters is 1. The zero-order valence-corrected chi connectivity index (χ0v) is 8.61. The Kier molecular flexibility index (Phi) is 4.66. The Morgan fingerprint density at radius 3 is 2.93 bits per heavy atom. The lowest BCUT2D eigenvalue weighted by Gasteiger charge is -2.06. The van der Waals surface area contributed by atoms with E-state index in [9.17, 15) is 9.90 Å². The first-order valence-corrected chi connectivity index (χ1v) is 5.28. The Morgan fingerprint density at radius 2 is 2.36 bits per heavy atom. The SMILES string of the molecule is CCCCC/C=C/[C@@H]1OC(=O)C[C@H]1O. The van der Waals surface area contributed by atoms with Crippen LogP contribution in [0.1, 0.15) is 39.0 Å². The van der Waals surface area contributed by atoms with Gasteiger partial charge in [0, 0.05) is 0 Å². The molecule has 0 unspecified atom stereocenters. The number of aliphatic hydroxyl groups excluding tert-OH is 1. The molecule has 1 saturated heterocycles. The van der Waals surface area contributed by atoms with Gasteiger partial charge in [-0.2, -0.15) is 0 Å². The van der Waals surface area contributed by atoms with E-state index in [1.165, 1.54) is 12.8 Å². The average Bonchev–Trinajstić information content (AvgIpc) is 2.45. The minimum atomic E-state index is -0.648. The van der Waals surface area contributed by atoms with Crippen molar-refractivity contribution in [3.8, 4) is 0 Å². The van der Waals surface area contributed by atoms with Crippen molar-refractivity contribution in [2.24, 2.45) is 0 Å². The van der Waals surface area contributed by atoms with Gasteiger partial charge in [-0.15, -0.1) is 0 Å². The van der Waals surface area contributed by atoms with E-state index in [4.69, 9.17) is 4.74 Å². The number of rotatable bonds is 5. The van der Waals surface area contributed by atoms with E-state index >= 15 is 0 Å². The van der Waals surface area contributed by atoms with Crippen LogP contribution < -0.4 is 0 Å². The highest BCUT2D eigenvalue weighted by atomic mass is 16.6. The van der Waals surface area contributed by atoms with Gasteiger partial charge < -0.3 is 9.84 Å². The third-order valence-electron chi connectivity index (χ3n) is 2.32. The van der Waals surface area contributed by atoms with E-state index in [0.29, 0.717) is 0 Å². The molecule has 2 atom stereocenters. The summed E-state index contributed by atoms with van der Waals surface area (Å²) in [5, 5.41) is 9.36. The molecule has 80 valence electrons. The molecule has 1 N–H and O–H groups in total. The number of cyclic esters (lactones) is 1. The van der Waals surface area contributed by atoms with Crippen molar-refractivity contribution in [3.63, 3.8) is 0 Å². The Balaban J connectivity index is 2.19. The second-order valence-corrected chi connectivity index (χ2v) is 3.65. The molecule has 0 bridgehead atoms. The number of carbonyl (C=O) groups is 1. The Labute approximate surface area is 84.8 Å². The van der Waals surface area contributed by atoms with Crippen LogP contribution in [-0.2, 0) is 9.53 Å². The monoisotopic (exact) mass is 198 g/mol. The maximum Gasteiger partial charge on any atom is 0.309 e.